The molecule has 16 heavy (non-hydrogen) atoms. The van der Waals surface area contributed by atoms with Gasteiger partial charge in [0.2, 0.25) is 0 Å². The molecule has 1 atom stereocenters. The van der Waals surface area contributed by atoms with Gasteiger partial charge in [0.25, 0.3) is 0 Å². The lowest BCUT2D eigenvalue weighted by Gasteiger charge is -2.13. The minimum atomic E-state index is -2.81. The van der Waals surface area contributed by atoms with E-state index in [2.05, 4.69) is 4.84 Å². The molecule has 1 rings (SSSR count). The molecule has 0 spiro atoms. The highest BCUT2D eigenvalue weighted by Gasteiger charge is 2.22. The van der Waals surface area contributed by atoms with Crippen LogP contribution in [0.1, 0.15) is 10.4 Å². The van der Waals surface area contributed by atoms with E-state index >= 15 is 0 Å². The summed E-state index contributed by atoms with van der Waals surface area (Å²) in [5.74, 6) is -0.957. The van der Waals surface area contributed by atoms with E-state index in [1.54, 1.807) is 18.2 Å². The summed E-state index contributed by atoms with van der Waals surface area (Å²) in [5, 5.41) is 0. The monoisotopic (exact) mass is 244 g/mol. The van der Waals surface area contributed by atoms with Crippen LogP contribution in [0.5, 0.6) is 0 Å². The maximum atomic E-state index is 11.3. The molecule has 1 aromatic rings. The van der Waals surface area contributed by atoms with Crippen LogP contribution in [0.3, 0.4) is 0 Å². The zero-order chi connectivity index (χ0) is 12.1. The normalized spacial score (nSPS) is 11.6. The van der Waals surface area contributed by atoms with Crippen LogP contribution < -0.4 is 5.73 Å². The van der Waals surface area contributed by atoms with E-state index in [-0.39, 0.29) is 10.0 Å². The fourth-order valence-corrected chi connectivity index (χ4v) is 1.14. The van der Waals surface area contributed by atoms with Gasteiger partial charge in [-0.3, -0.25) is 4.55 Å². The average Bonchev–Trinajstić information content (AvgIpc) is 2.25. The molecule has 0 aliphatic heterocycles. The van der Waals surface area contributed by atoms with E-state index < -0.39 is 23.3 Å². The highest BCUT2D eigenvalue weighted by Crippen LogP contribution is 2.04. The van der Waals surface area contributed by atoms with Gasteiger partial charge in [0.1, 0.15) is 0 Å². The first-order chi connectivity index (χ1) is 7.52. The summed E-state index contributed by atoms with van der Waals surface area (Å²) in [6, 6.07) is 6.31. The minimum absolute atomic E-state index is 0.124. The lowest BCUT2D eigenvalue weighted by Crippen LogP contribution is -2.38. The van der Waals surface area contributed by atoms with Crippen molar-refractivity contribution >= 4 is 23.3 Å². The van der Waals surface area contributed by atoms with E-state index in [4.69, 9.17) is 10.3 Å². The Kier molecular flexibility index (Phi) is 3.97. The van der Waals surface area contributed by atoms with Crippen molar-refractivity contribution in [3.63, 3.8) is 0 Å². The van der Waals surface area contributed by atoms with Crippen molar-refractivity contribution in [3.05, 3.63) is 35.9 Å². The number of carbonyl (C=O) groups is 2. The van der Waals surface area contributed by atoms with Gasteiger partial charge in [0.05, 0.1) is 5.56 Å². The second-order valence-corrected chi connectivity index (χ2v) is 3.36. The number of carbonyl (C=O) groups excluding carboxylic acids is 2. The van der Waals surface area contributed by atoms with Crippen LogP contribution in [-0.4, -0.2) is 25.2 Å². The van der Waals surface area contributed by atoms with Gasteiger partial charge in [-0.05, 0) is 16.6 Å². The molecule has 0 bridgehead atoms. The van der Waals surface area contributed by atoms with E-state index in [1.807, 2.05) is 0 Å². The quantitative estimate of drug-likeness (QED) is 0.573. The van der Waals surface area contributed by atoms with Gasteiger partial charge in [-0.1, -0.05) is 18.2 Å². The molecule has 0 fully saturated rings. The number of primary amides is 1. The summed E-state index contributed by atoms with van der Waals surface area (Å²) in [5.41, 5.74) is 4.84. The third kappa shape index (κ3) is 3.04. The zero-order valence-corrected chi connectivity index (χ0v) is 8.72. The van der Waals surface area contributed by atoms with Gasteiger partial charge in [-0.2, -0.15) is 0 Å². The van der Waals surface area contributed by atoms with Gasteiger partial charge in [-0.25, -0.2) is 13.8 Å². The summed E-state index contributed by atoms with van der Waals surface area (Å²) in [7, 11) is 0. The van der Waals surface area contributed by atoms with Crippen molar-refractivity contribution in [2.45, 2.75) is 0 Å². The van der Waals surface area contributed by atoms with E-state index in [0.29, 0.717) is 0 Å². The van der Waals surface area contributed by atoms with Gasteiger partial charge >= 0.3 is 23.3 Å². The second-order valence-electron chi connectivity index (χ2n) is 2.57. The van der Waals surface area contributed by atoms with Gasteiger partial charge < -0.3 is 10.6 Å². The first-order valence-corrected chi connectivity index (χ1v) is 5.06. The fourth-order valence-electron chi connectivity index (χ4n) is 0.856. The fraction of sp³-hybridized carbons (Fsp3) is 0. The molecule has 3 N–H and O–H groups in total. The zero-order valence-electron chi connectivity index (χ0n) is 7.90. The summed E-state index contributed by atoms with van der Waals surface area (Å²) in [6.45, 7) is 0. The molecular formula is C8H8N2O5S. The van der Waals surface area contributed by atoms with Gasteiger partial charge in [-0.15, -0.1) is 0 Å². The van der Waals surface area contributed by atoms with Crippen LogP contribution in [0.2, 0.25) is 0 Å². The SMILES string of the molecule is NC(=O)N(OC(=O)c1ccccc1)S(=O)O. The van der Waals surface area contributed by atoms with Crippen LogP contribution in [0, 0.1) is 0 Å². The molecule has 2 amide bonds. The first kappa shape index (κ1) is 12.1. The largest absolute Gasteiger partial charge is 0.364 e. The van der Waals surface area contributed by atoms with Crippen molar-refractivity contribution in [3.8, 4) is 0 Å². The lowest BCUT2D eigenvalue weighted by atomic mass is 10.2. The number of nitrogens with two attached hydrogens (primary N) is 1. The second kappa shape index (κ2) is 5.24. The predicted molar refractivity (Wildman–Crippen MR) is 54.1 cm³/mol. The van der Waals surface area contributed by atoms with Crippen LogP contribution in [0.15, 0.2) is 30.3 Å². The Bertz CT molecular complexity index is 408. The molecule has 0 heterocycles. The molecule has 0 saturated heterocycles. The average molecular weight is 244 g/mol. The number of urea groups is 1. The molecule has 0 aliphatic carbocycles. The summed E-state index contributed by atoms with van der Waals surface area (Å²) in [6.07, 6.45) is 0. The summed E-state index contributed by atoms with van der Waals surface area (Å²) in [4.78, 5) is 26.3. The van der Waals surface area contributed by atoms with Crippen LogP contribution in [0.4, 0.5) is 4.79 Å². The molecule has 1 unspecified atom stereocenters. The van der Waals surface area contributed by atoms with Crippen LogP contribution in [0.25, 0.3) is 0 Å². The molecule has 0 radical (unpaired) electrons. The Balaban J connectivity index is 2.77. The topological polar surface area (TPSA) is 110 Å². The third-order valence-electron chi connectivity index (χ3n) is 1.50. The minimum Gasteiger partial charge on any atom is -0.348 e. The van der Waals surface area contributed by atoms with Gasteiger partial charge in [0, 0.05) is 0 Å². The molecular weight excluding hydrogens is 236 g/mol. The Morgan fingerprint density at radius 2 is 1.88 bits per heavy atom. The maximum Gasteiger partial charge on any atom is 0.364 e. The first-order valence-electron chi connectivity index (χ1n) is 4.00. The van der Waals surface area contributed by atoms with Gasteiger partial charge in [0.15, 0.2) is 0 Å². The van der Waals surface area contributed by atoms with Crippen LogP contribution >= 0.6 is 0 Å². The smallest absolute Gasteiger partial charge is 0.348 e. The molecule has 0 saturated carbocycles. The van der Waals surface area contributed by atoms with E-state index in [9.17, 15) is 13.8 Å². The number of rotatable bonds is 2. The van der Waals surface area contributed by atoms with Crippen molar-refractivity contribution in [2.24, 2.45) is 5.73 Å². The number of hydroxylamine groups is 1. The van der Waals surface area contributed by atoms with E-state index in [1.165, 1.54) is 12.1 Å². The highest BCUT2D eigenvalue weighted by atomic mass is 32.2. The van der Waals surface area contributed by atoms with Crippen LogP contribution in [-0.2, 0) is 16.1 Å². The Morgan fingerprint density at radius 1 is 1.31 bits per heavy atom. The number of hydrogen-bond donors (Lipinski definition) is 2. The number of nitrogens with zero attached hydrogens (tertiary/aromatic N) is 1. The molecule has 7 nitrogen and oxygen atoms in total. The number of hydrogen-bond acceptors (Lipinski definition) is 4. The Labute approximate surface area is 93.2 Å². The highest BCUT2D eigenvalue weighted by molar-refractivity contribution is 7.77. The molecule has 0 aromatic heterocycles. The van der Waals surface area contributed by atoms with Crippen molar-refractivity contribution in [2.75, 3.05) is 0 Å². The summed E-state index contributed by atoms with van der Waals surface area (Å²) < 4.78 is 19.0. The predicted octanol–water partition coefficient (Wildman–Crippen LogP) is 0.276. The number of benzene rings is 1. The molecule has 1 aromatic carbocycles. The maximum absolute atomic E-state index is 11.3. The Morgan fingerprint density at radius 3 is 2.31 bits per heavy atom. The Hall–Kier alpha value is -1.93. The molecule has 8 heteroatoms. The lowest BCUT2D eigenvalue weighted by molar-refractivity contribution is -0.0190. The van der Waals surface area contributed by atoms with Crippen molar-refractivity contribution in [1.29, 1.82) is 0 Å². The molecule has 0 aliphatic rings. The van der Waals surface area contributed by atoms with E-state index in [0.717, 1.165) is 0 Å². The van der Waals surface area contributed by atoms with Crippen molar-refractivity contribution in [1.82, 2.24) is 4.47 Å². The third-order valence-corrected chi connectivity index (χ3v) is 2.04. The molecule has 86 valence electrons. The standard InChI is InChI=1S/C8H8N2O5S/c9-8(12)10(16(13)14)15-7(11)6-4-2-1-3-5-6/h1-5H,(H2,9,12)(H,13,14). The number of amides is 2. The van der Waals surface area contributed by atoms with Crippen molar-refractivity contribution < 1.29 is 23.2 Å². The summed E-state index contributed by atoms with van der Waals surface area (Å²) >= 11 is -2.81.